The molecule has 3 heteroatoms. The van der Waals surface area contributed by atoms with Crippen molar-refractivity contribution < 1.29 is 4.74 Å². The van der Waals surface area contributed by atoms with Gasteiger partial charge in [0.15, 0.2) is 0 Å². The molecule has 0 spiro atoms. The minimum atomic E-state index is -0.466. The second kappa shape index (κ2) is 4.51. The highest BCUT2D eigenvalue weighted by Crippen LogP contribution is 2.40. The number of nitrogens with one attached hydrogen (secondary N) is 1. The van der Waals surface area contributed by atoms with E-state index in [2.05, 4.69) is 32.2 Å². The number of hydrogen-bond donors (Lipinski definition) is 1. The van der Waals surface area contributed by atoms with Crippen molar-refractivity contribution in [1.82, 2.24) is 5.32 Å². The summed E-state index contributed by atoms with van der Waals surface area (Å²) in [4.78, 5) is 0. The predicted molar refractivity (Wildman–Crippen MR) is 60.4 cm³/mol. The van der Waals surface area contributed by atoms with Crippen LogP contribution in [0.1, 0.15) is 40.0 Å². The third-order valence-corrected chi connectivity index (χ3v) is 3.46. The van der Waals surface area contributed by atoms with Gasteiger partial charge in [-0.15, -0.1) is 0 Å². The maximum atomic E-state index is 9.26. The monoisotopic (exact) mass is 210 g/mol. The number of nitrogens with zero attached hydrogens (tertiary/aromatic N) is 1. The van der Waals surface area contributed by atoms with Crippen molar-refractivity contribution in [3.63, 3.8) is 0 Å². The fourth-order valence-electron chi connectivity index (χ4n) is 1.56. The van der Waals surface area contributed by atoms with Gasteiger partial charge in [-0.2, -0.15) is 5.26 Å². The molecule has 1 aliphatic carbocycles. The van der Waals surface area contributed by atoms with Crippen LogP contribution in [-0.2, 0) is 4.74 Å². The molecular weight excluding hydrogens is 188 g/mol. The molecule has 0 heterocycles. The first kappa shape index (κ1) is 12.5. The molecule has 1 aliphatic rings. The molecule has 0 aromatic carbocycles. The average molecular weight is 210 g/mol. The van der Waals surface area contributed by atoms with Gasteiger partial charge in [-0.05, 0) is 46.1 Å². The van der Waals surface area contributed by atoms with Gasteiger partial charge < -0.3 is 10.1 Å². The zero-order chi connectivity index (χ0) is 11.5. The van der Waals surface area contributed by atoms with E-state index in [4.69, 9.17) is 4.74 Å². The molecule has 3 nitrogen and oxygen atoms in total. The number of nitriles is 1. The molecule has 1 N–H and O–H groups in total. The highest BCUT2D eigenvalue weighted by molar-refractivity contribution is 5.15. The molecule has 0 radical (unpaired) electrons. The Hall–Kier alpha value is -0.590. The maximum Gasteiger partial charge on any atom is 0.132 e. The Morgan fingerprint density at radius 3 is 2.40 bits per heavy atom. The lowest BCUT2D eigenvalue weighted by molar-refractivity contribution is -0.0435. The molecule has 1 atom stereocenters. The normalized spacial score (nSPS) is 20.7. The van der Waals surface area contributed by atoms with Crippen LogP contribution in [0.4, 0.5) is 0 Å². The smallest absolute Gasteiger partial charge is 0.132 e. The first-order chi connectivity index (χ1) is 6.99. The van der Waals surface area contributed by atoms with Crippen LogP contribution in [0.2, 0.25) is 0 Å². The quantitative estimate of drug-likeness (QED) is 0.730. The Labute approximate surface area is 92.8 Å². The lowest BCUT2D eigenvalue weighted by atomic mass is 9.96. The van der Waals surface area contributed by atoms with Crippen molar-refractivity contribution in [2.75, 3.05) is 13.7 Å². The molecule has 1 rings (SSSR count). The van der Waals surface area contributed by atoms with Crippen LogP contribution in [0.15, 0.2) is 0 Å². The van der Waals surface area contributed by atoms with Crippen molar-refractivity contribution in [3.05, 3.63) is 0 Å². The summed E-state index contributed by atoms with van der Waals surface area (Å²) >= 11 is 0. The van der Waals surface area contributed by atoms with E-state index in [1.54, 1.807) is 0 Å². The van der Waals surface area contributed by atoms with Gasteiger partial charge in [-0.3, -0.25) is 0 Å². The highest BCUT2D eigenvalue weighted by Gasteiger charge is 2.45. The van der Waals surface area contributed by atoms with Crippen LogP contribution < -0.4 is 5.32 Å². The van der Waals surface area contributed by atoms with Crippen molar-refractivity contribution >= 4 is 0 Å². The second-order valence-electron chi connectivity index (χ2n) is 5.01. The van der Waals surface area contributed by atoms with Crippen LogP contribution in [0.5, 0.6) is 0 Å². The van der Waals surface area contributed by atoms with Gasteiger partial charge in [0.2, 0.25) is 0 Å². The van der Waals surface area contributed by atoms with Crippen LogP contribution in [0.3, 0.4) is 0 Å². The van der Waals surface area contributed by atoms with E-state index in [-0.39, 0.29) is 5.60 Å². The number of likely N-dealkylation sites (N-methyl/N-ethyl adjacent to an activating group) is 1. The molecule has 1 saturated carbocycles. The predicted octanol–water partition coefficient (Wildman–Crippen LogP) is 2.08. The summed E-state index contributed by atoms with van der Waals surface area (Å²) in [5, 5.41) is 12.4. The molecule has 0 aromatic heterocycles. The average Bonchev–Trinajstić information content (AvgIpc) is 3.05. The van der Waals surface area contributed by atoms with Gasteiger partial charge in [0, 0.05) is 0 Å². The molecule has 0 saturated heterocycles. The zero-order valence-electron chi connectivity index (χ0n) is 10.3. The summed E-state index contributed by atoms with van der Waals surface area (Å²) in [7, 11) is 1.85. The number of ether oxygens (including phenoxy) is 1. The fourth-order valence-corrected chi connectivity index (χ4v) is 1.56. The van der Waals surface area contributed by atoms with E-state index in [0.717, 1.165) is 19.3 Å². The molecule has 0 aromatic rings. The summed E-state index contributed by atoms with van der Waals surface area (Å²) in [6, 6.07) is 2.39. The summed E-state index contributed by atoms with van der Waals surface area (Å²) in [5.74, 6) is 0.472. The van der Waals surface area contributed by atoms with Crippen molar-refractivity contribution in [3.8, 4) is 6.07 Å². The third kappa shape index (κ3) is 2.93. The SMILES string of the molecule is CCC(C)(C)OCC(C#N)(NC)C1CC1. The lowest BCUT2D eigenvalue weighted by Gasteiger charge is -2.31. The summed E-state index contributed by atoms with van der Waals surface area (Å²) in [5.41, 5.74) is -0.597. The molecular formula is C12H22N2O. The van der Waals surface area contributed by atoms with E-state index >= 15 is 0 Å². The maximum absolute atomic E-state index is 9.26. The van der Waals surface area contributed by atoms with Crippen LogP contribution >= 0.6 is 0 Å². The van der Waals surface area contributed by atoms with Gasteiger partial charge in [0.05, 0.1) is 18.3 Å². The molecule has 86 valence electrons. The Kier molecular flexibility index (Phi) is 3.75. The van der Waals surface area contributed by atoms with E-state index in [1.165, 1.54) is 0 Å². The number of rotatable bonds is 6. The van der Waals surface area contributed by atoms with Crippen molar-refractivity contribution in [1.29, 1.82) is 5.26 Å². The molecule has 0 bridgehead atoms. The fraction of sp³-hybridized carbons (Fsp3) is 0.917. The minimum Gasteiger partial charge on any atom is -0.373 e. The third-order valence-electron chi connectivity index (χ3n) is 3.46. The minimum absolute atomic E-state index is 0.131. The van der Waals surface area contributed by atoms with E-state index < -0.39 is 5.54 Å². The van der Waals surface area contributed by atoms with Crippen molar-refractivity contribution in [2.45, 2.75) is 51.2 Å². The standard InChI is InChI=1S/C12H22N2O/c1-5-11(2,3)15-9-12(8-13,14-4)10-6-7-10/h10,14H,5-7,9H2,1-4H3. The topological polar surface area (TPSA) is 45.0 Å². The Morgan fingerprint density at radius 1 is 1.47 bits per heavy atom. The van der Waals surface area contributed by atoms with Crippen LogP contribution in [0, 0.1) is 17.2 Å². The molecule has 0 amide bonds. The van der Waals surface area contributed by atoms with E-state index in [0.29, 0.717) is 12.5 Å². The van der Waals surface area contributed by atoms with Gasteiger partial charge in [-0.1, -0.05) is 6.92 Å². The molecule has 1 unspecified atom stereocenters. The zero-order valence-corrected chi connectivity index (χ0v) is 10.3. The van der Waals surface area contributed by atoms with Gasteiger partial charge in [0.1, 0.15) is 5.54 Å². The van der Waals surface area contributed by atoms with E-state index in [1.807, 2.05) is 7.05 Å². The Balaban J connectivity index is 2.56. The second-order valence-corrected chi connectivity index (χ2v) is 5.01. The Morgan fingerprint density at radius 2 is 2.07 bits per heavy atom. The van der Waals surface area contributed by atoms with Crippen molar-refractivity contribution in [2.24, 2.45) is 5.92 Å². The number of hydrogen-bond acceptors (Lipinski definition) is 3. The van der Waals surface area contributed by atoms with Gasteiger partial charge in [0.25, 0.3) is 0 Å². The first-order valence-electron chi connectivity index (χ1n) is 5.74. The largest absolute Gasteiger partial charge is 0.373 e. The molecule has 1 fully saturated rings. The van der Waals surface area contributed by atoms with Crippen LogP contribution in [-0.4, -0.2) is 24.8 Å². The van der Waals surface area contributed by atoms with Crippen LogP contribution in [0.25, 0.3) is 0 Å². The summed E-state index contributed by atoms with van der Waals surface area (Å²) in [6.07, 6.45) is 3.25. The van der Waals surface area contributed by atoms with Gasteiger partial charge >= 0.3 is 0 Å². The first-order valence-corrected chi connectivity index (χ1v) is 5.74. The summed E-state index contributed by atoms with van der Waals surface area (Å²) < 4.78 is 5.84. The lowest BCUT2D eigenvalue weighted by Crippen LogP contribution is -2.49. The van der Waals surface area contributed by atoms with E-state index in [9.17, 15) is 5.26 Å². The highest BCUT2D eigenvalue weighted by atomic mass is 16.5. The Bertz CT molecular complexity index is 253. The molecule has 0 aliphatic heterocycles. The molecule has 15 heavy (non-hydrogen) atoms. The summed E-state index contributed by atoms with van der Waals surface area (Å²) in [6.45, 7) is 6.73. The van der Waals surface area contributed by atoms with Gasteiger partial charge in [-0.25, -0.2) is 0 Å².